The SMILES string of the molecule is Cc1ccc(S(=O)(=O)NC(=O)c2c(-c3ccc(C(F)(F)F)cc3)noc2C)cc1. The average molecular weight is 424 g/mol. The molecule has 0 aliphatic heterocycles. The molecule has 0 spiro atoms. The van der Waals surface area contributed by atoms with Gasteiger partial charge in [0.25, 0.3) is 15.9 Å². The second kappa shape index (κ2) is 7.36. The van der Waals surface area contributed by atoms with Crippen molar-refractivity contribution < 1.29 is 30.9 Å². The number of halogens is 3. The maximum atomic E-state index is 12.7. The molecule has 10 heteroatoms. The summed E-state index contributed by atoms with van der Waals surface area (Å²) in [6.45, 7) is 3.18. The molecule has 0 aliphatic rings. The largest absolute Gasteiger partial charge is 0.416 e. The van der Waals surface area contributed by atoms with Gasteiger partial charge in [-0.05, 0) is 38.1 Å². The highest BCUT2D eigenvalue weighted by molar-refractivity contribution is 7.90. The summed E-state index contributed by atoms with van der Waals surface area (Å²) in [5, 5.41) is 3.70. The van der Waals surface area contributed by atoms with E-state index in [9.17, 15) is 26.4 Å². The van der Waals surface area contributed by atoms with Crippen LogP contribution in [0.1, 0.15) is 27.2 Å². The smallest absolute Gasteiger partial charge is 0.360 e. The first-order valence-corrected chi connectivity index (χ1v) is 9.75. The third-order valence-corrected chi connectivity index (χ3v) is 5.48. The van der Waals surface area contributed by atoms with Crippen LogP contribution in [0.4, 0.5) is 13.2 Å². The summed E-state index contributed by atoms with van der Waals surface area (Å²) in [6.07, 6.45) is -4.51. The first-order chi connectivity index (χ1) is 13.5. The van der Waals surface area contributed by atoms with Crippen LogP contribution in [0.25, 0.3) is 11.3 Å². The Kier molecular flexibility index (Phi) is 5.22. The van der Waals surface area contributed by atoms with E-state index in [-0.39, 0.29) is 27.5 Å². The molecule has 1 aromatic heterocycles. The maximum Gasteiger partial charge on any atom is 0.416 e. The van der Waals surface area contributed by atoms with Crippen molar-refractivity contribution in [2.45, 2.75) is 24.9 Å². The predicted molar refractivity (Wildman–Crippen MR) is 97.5 cm³/mol. The van der Waals surface area contributed by atoms with Crippen molar-refractivity contribution in [3.05, 3.63) is 71.0 Å². The highest BCUT2D eigenvalue weighted by Gasteiger charge is 2.31. The average Bonchev–Trinajstić information content (AvgIpc) is 3.03. The van der Waals surface area contributed by atoms with Gasteiger partial charge in [0.1, 0.15) is 17.0 Å². The van der Waals surface area contributed by atoms with Crippen LogP contribution in [0, 0.1) is 13.8 Å². The zero-order valence-corrected chi connectivity index (χ0v) is 16.1. The van der Waals surface area contributed by atoms with Crippen LogP contribution in [0.3, 0.4) is 0 Å². The number of hydrogen-bond donors (Lipinski definition) is 1. The fourth-order valence-electron chi connectivity index (χ4n) is 2.60. The molecule has 1 amide bonds. The zero-order valence-electron chi connectivity index (χ0n) is 15.2. The number of nitrogens with one attached hydrogen (secondary N) is 1. The van der Waals surface area contributed by atoms with Crippen LogP contribution in [0.2, 0.25) is 0 Å². The highest BCUT2D eigenvalue weighted by Crippen LogP contribution is 2.32. The van der Waals surface area contributed by atoms with Crippen LogP contribution < -0.4 is 4.72 Å². The highest BCUT2D eigenvalue weighted by atomic mass is 32.2. The van der Waals surface area contributed by atoms with Crippen molar-refractivity contribution in [3.63, 3.8) is 0 Å². The third-order valence-electron chi connectivity index (χ3n) is 4.13. The second-order valence-electron chi connectivity index (χ2n) is 6.29. The molecule has 0 atom stereocenters. The number of carbonyl (C=O) groups excluding carboxylic acids is 1. The molecule has 0 saturated carbocycles. The van der Waals surface area contributed by atoms with Crippen LogP contribution >= 0.6 is 0 Å². The molecule has 0 aliphatic carbocycles. The summed E-state index contributed by atoms with van der Waals surface area (Å²) < 4.78 is 70.0. The lowest BCUT2D eigenvalue weighted by atomic mass is 10.0. The summed E-state index contributed by atoms with van der Waals surface area (Å²) in [5.41, 5.74) is -0.0924. The number of aryl methyl sites for hydroxylation is 2. The molecule has 0 bridgehead atoms. The summed E-state index contributed by atoms with van der Waals surface area (Å²) in [4.78, 5) is 12.5. The number of carbonyl (C=O) groups is 1. The Balaban J connectivity index is 1.93. The number of sulfonamides is 1. The number of rotatable bonds is 4. The van der Waals surface area contributed by atoms with Crippen molar-refractivity contribution >= 4 is 15.9 Å². The van der Waals surface area contributed by atoms with E-state index >= 15 is 0 Å². The van der Waals surface area contributed by atoms with E-state index in [1.807, 2.05) is 4.72 Å². The van der Waals surface area contributed by atoms with Gasteiger partial charge in [-0.15, -0.1) is 0 Å². The maximum absolute atomic E-state index is 12.7. The molecule has 2 aromatic carbocycles. The first-order valence-electron chi connectivity index (χ1n) is 8.27. The molecular weight excluding hydrogens is 409 g/mol. The Morgan fingerprint density at radius 2 is 1.59 bits per heavy atom. The molecule has 0 fully saturated rings. The van der Waals surface area contributed by atoms with Crippen molar-refractivity contribution in [3.8, 4) is 11.3 Å². The van der Waals surface area contributed by atoms with E-state index in [4.69, 9.17) is 4.52 Å². The minimum atomic E-state index is -4.51. The van der Waals surface area contributed by atoms with E-state index in [0.29, 0.717) is 0 Å². The molecule has 29 heavy (non-hydrogen) atoms. The van der Waals surface area contributed by atoms with E-state index in [2.05, 4.69) is 5.16 Å². The standard InChI is InChI=1S/C19H15F3N2O4S/c1-11-3-9-15(10-4-11)29(26,27)24-18(25)16-12(2)28-23-17(16)13-5-7-14(8-6-13)19(20,21)22/h3-10H,1-2H3,(H,24,25). The number of alkyl halides is 3. The third kappa shape index (κ3) is 4.32. The lowest BCUT2D eigenvalue weighted by molar-refractivity contribution is -0.137. The summed E-state index contributed by atoms with van der Waals surface area (Å²) in [5.74, 6) is -0.976. The molecule has 3 rings (SSSR count). The second-order valence-corrected chi connectivity index (χ2v) is 7.97. The molecule has 0 saturated heterocycles. The van der Waals surface area contributed by atoms with Gasteiger partial charge in [-0.25, -0.2) is 13.1 Å². The molecule has 0 radical (unpaired) electrons. The van der Waals surface area contributed by atoms with Gasteiger partial charge in [-0.1, -0.05) is 35.0 Å². The van der Waals surface area contributed by atoms with Crippen molar-refractivity contribution in [2.24, 2.45) is 0 Å². The Morgan fingerprint density at radius 1 is 1.00 bits per heavy atom. The Bertz CT molecular complexity index is 1150. The molecule has 1 N–H and O–H groups in total. The zero-order chi connectivity index (χ0) is 21.4. The number of nitrogens with zero attached hydrogens (tertiary/aromatic N) is 1. The van der Waals surface area contributed by atoms with E-state index in [1.54, 1.807) is 19.1 Å². The van der Waals surface area contributed by atoms with Gasteiger partial charge in [-0.2, -0.15) is 13.2 Å². The van der Waals surface area contributed by atoms with Crippen molar-refractivity contribution in [2.75, 3.05) is 0 Å². The van der Waals surface area contributed by atoms with Gasteiger partial charge in [0.2, 0.25) is 0 Å². The molecular formula is C19H15F3N2O4S. The first kappa shape index (κ1) is 20.6. The van der Waals surface area contributed by atoms with Gasteiger partial charge in [0, 0.05) is 5.56 Å². The Morgan fingerprint density at radius 3 is 2.14 bits per heavy atom. The lowest BCUT2D eigenvalue weighted by Gasteiger charge is -2.09. The van der Waals surface area contributed by atoms with Crippen LogP contribution in [0.15, 0.2) is 57.9 Å². The summed E-state index contributed by atoms with van der Waals surface area (Å²) in [6, 6.07) is 9.80. The minimum absolute atomic E-state index is 0.0245. The Labute approximate surface area is 164 Å². The van der Waals surface area contributed by atoms with Gasteiger partial charge < -0.3 is 4.52 Å². The predicted octanol–water partition coefficient (Wildman–Crippen LogP) is 4.10. The summed E-state index contributed by atoms with van der Waals surface area (Å²) >= 11 is 0. The van der Waals surface area contributed by atoms with Crippen LogP contribution in [0.5, 0.6) is 0 Å². The molecule has 152 valence electrons. The fourth-order valence-corrected chi connectivity index (χ4v) is 3.56. The van der Waals surface area contributed by atoms with Gasteiger partial charge in [0.15, 0.2) is 0 Å². The van der Waals surface area contributed by atoms with Crippen molar-refractivity contribution in [1.82, 2.24) is 9.88 Å². The van der Waals surface area contributed by atoms with Gasteiger partial charge in [0.05, 0.1) is 10.5 Å². The lowest BCUT2D eigenvalue weighted by Crippen LogP contribution is -2.31. The van der Waals surface area contributed by atoms with Crippen LogP contribution in [-0.4, -0.2) is 19.5 Å². The number of amides is 1. The monoisotopic (exact) mass is 424 g/mol. The van der Waals surface area contributed by atoms with E-state index in [1.165, 1.54) is 19.1 Å². The molecule has 1 heterocycles. The Hall–Kier alpha value is -3.14. The molecule has 3 aromatic rings. The van der Waals surface area contributed by atoms with Gasteiger partial charge in [-0.3, -0.25) is 4.79 Å². The topological polar surface area (TPSA) is 89.3 Å². The quantitative estimate of drug-likeness (QED) is 0.681. The minimum Gasteiger partial charge on any atom is -0.360 e. The normalized spacial score (nSPS) is 12.0. The molecule has 6 nitrogen and oxygen atoms in total. The molecule has 0 unspecified atom stereocenters. The number of benzene rings is 2. The number of hydrogen-bond acceptors (Lipinski definition) is 5. The van der Waals surface area contributed by atoms with E-state index < -0.39 is 27.7 Å². The summed E-state index contributed by atoms with van der Waals surface area (Å²) in [7, 11) is -4.16. The van der Waals surface area contributed by atoms with Crippen molar-refractivity contribution in [1.29, 1.82) is 0 Å². The van der Waals surface area contributed by atoms with E-state index in [0.717, 1.165) is 29.8 Å². The van der Waals surface area contributed by atoms with Crippen LogP contribution in [-0.2, 0) is 16.2 Å². The number of aromatic nitrogens is 1. The van der Waals surface area contributed by atoms with Gasteiger partial charge >= 0.3 is 6.18 Å². The fraction of sp³-hybridized carbons (Fsp3) is 0.158.